The highest BCUT2D eigenvalue weighted by Gasteiger charge is 2.28. The summed E-state index contributed by atoms with van der Waals surface area (Å²) in [7, 11) is 0. The molecule has 15 heavy (non-hydrogen) atoms. The highest BCUT2D eigenvalue weighted by Crippen LogP contribution is 2.30. The Balaban J connectivity index is 2.06. The molecule has 0 aromatic carbocycles. The number of hydrogen-bond acceptors (Lipinski definition) is 4. The van der Waals surface area contributed by atoms with Gasteiger partial charge in [-0.1, -0.05) is 6.92 Å². The molecule has 1 aliphatic rings. The summed E-state index contributed by atoms with van der Waals surface area (Å²) in [4.78, 5) is 0. The van der Waals surface area contributed by atoms with E-state index < -0.39 is 0 Å². The summed E-state index contributed by atoms with van der Waals surface area (Å²) >= 11 is 5.61. The first-order valence-electron chi connectivity index (χ1n) is 5.27. The van der Waals surface area contributed by atoms with E-state index in [4.69, 9.17) is 20.8 Å². The number of ether oxygens (including phenoxy) is 1. The van der Waals surface area contributed by atoms with Gasteiger partial charge in [0.1, 0.15) is 0 Å². The molecule has 0 amide bonds. The molecule has 5 heteroatoms. The Labute approximate surface area is 94.0 Å². The molecule has 0 aliphatic carbocycles. The lowest BCUT2D eigenvalue weighted by molar-refractivity contribution is 0.0404. The van der Waals surface area contributed by atoms with Crippen LogP contribution in [-0.2, 0) is 11.2 Å². The predicted molar refractivity (Wildman–Crippen MR) is 56.1 cm³/mol. The van der Waals surface area contributed by atoms with Crippen LogP contribution in [0.2, 0.25) is 0 Å². The molecule has 0 radical (unpaired) electrons. The fraction of sp³-hybridized carbons (Fsp3) is 0.800. The predicted octanol–water partition coefficient (Wildman–Crippen LogP) is 1.99. The summed E-state index contributed by atoms with van der Waals surface area (Å²) in [5.41, 5.74) is 0. The zero-order valence-corrected chi connectivity index (χ0v) is 9.54. The van der Waals surface area contributed by atoms with E-state index in [2.05, 4.69) is 17.1 Å². The molecule has 0 N–H and O–H groups in total. The van der Waals surface area contributed by atoms with E-state index in [-0.39, 0.29) is 0 Å². The molecule has 0 spiro atoms. The van der Waals surface area contributed by atoms with Crippen LogP contribution in [0.3, 0.4) is 0 Å². The largest absolute Gasteiger partial charge is 0.425 e. The molecule has 4 nitrogen and oxygen atoms in total. The van der Waals surface area contributed by atoms with Crippen molar-refractivity contribution in [3.05, 3.63) is 11.8 Å². The molecule has 2 unspecified atom stereocenters. The van der Waals surface area contributed by atoms with Crippen molar-refractivity contribution in [2.75, 3.05) is 19.1 Å². The van der Waals surface area contributed by atoms with Gasteiger partial charge < -0.3 is 9.15 Å². The fourth-order valence-electron chi connectivity index (χ4n) is 1.85. The number of rotatable bonds is 3. The lowest BCUT2D eigenvalue weighted by atomic mass is 9.90. The Morgan fingerprint density at radius 2 is 2.33 bits per heavy atom. The Morgan fingerprint density at radius 3 is 3.07 bits per heavy atom. The Hall–Kier alpha value is -0.610. The van der Waals surface area contributed by atoms with Crippen LogP contribution in [0.15, 0.2) is 4.42 Å². The minimum atomic E-state index is 0.343. The van der Waals surface area contributed by atoms with Gasteiger partial charge >= 0.3 is 0 Å². The van der Waals surface area contributed by atoms with Crippen LogP contribution in [0, 0.1) is 5.92 Å². The smallest absolute Gasteiger partial charge is 0.220 e. The molecule has 1 aromatic rings. The van der Waals surface area contributed by atoms with Gasteiger partial charge in [0.2, 0.25) is 11.8 Å². The Kier molecular flexibility index (Phi) is 3.59. The summed E-state index contributed by atoms with van der Waals surface area (Å²) in [5, 5.41) is 8.05. The minimum absolute atomic E-state index is 0.343. The third kappa shape index (κ3) is 2.49. The maximum Gasteiger partial charge on any atom is 0.220 e. The van der Waals surface area contributed by atoms with E-state index in [1.807, 2.05) is 0 Å². The van der Waals surface area contributed by atoms with Crippen LogP contribution < -0.4 is 0 Å². The van der Waals surface area contributed by atoms with E-state index >= 15 is 0 Å². The van der Waals surface area contributed by atoms with Crippen LogP contribution >= 0.6 is 11.6 Å². The van der Waals surface area contributed by atoms with Crippen molar-refractivity contribution in [2.45, 2.75) is 25.7 Å². The molecule has 84 valence electrons. The highest BCUT2D eigenvalue weighted by atomic mass is 35.5. The first kappa shape index (κ1) is 10.9. The van der Waals surface area contributed by atoms with Crippen LogP contribution in [0.5, 0.6) is 0 Å². The second-order valence-electron chi connectivity index (χ2n) is 3.92. The zero-order valence-electron chi connectivity index (χ0n) is 8.78. The van der Waals surface area contributed by atoms with Crippen LogP contribution in [0.25, 0.3) is 0 Å². The van der Waals surface area contributed by atoms with E-state index in [9.17, 15) is 0 Å². The monoisotopic (exact) mass is 230 g/mol. The first-order valence-corrected chi connectivity index (χ1v) is 5.80. The van der Waals surface area contributed by atoms with Gasteiger partial charge in [-0.2, -0.15) is 0 Å². The van der Waals surface area contributed by atoms with Crippen LogP contribution in [0.1, 0.15) is 31.0 Å². The van der Waals surface area contributed by atoms with Gasteiger partial charge in [-0.3, -0.25) is 0 Å². The van der Waals surface area contributed by atoms with Gasteiger partial charge in [0.25, 0.3) is 0 Å². The van der Waals surface area contributed by atoms with Gasteiger partial charge in [-0.15, -0.1) is 21.8 Å². The molecule has 2 atom stereocenters. The number of hydrogen-bond donors (Lipinski definition) is 0. The molecule has 0 saturated carbocycles. The van der Waals surface area contributed by atoms with Crippen molar-refractivity contribution in [1.82, 2.24) is 10.2 Å². The third-order valence-electron chi connectivity index (χ3n) is 2.75. The molecular formula is C10H15ClN2O2. The van der Waals surface area contributed by atoms with Crippen LogP contribution in [-0.4, -0.2) is 29.3 Å². The standard InChI is InChI=1S/C10H15ClN2O2/c1-7-6-14-5-3-8(7)10-13-12-9(15-10)2-4-11/h7-8H,2-6H2,1H3. The molecule has 1 aliphatic heterocycles. The molecular weight excluding hydrogens is 216 g/mol. The number of alkyl halides is 1. The molecule has 0 bridgehead atoms. The van der Waals surface area contributed by atoms with E-state index in [0.29, 0.717) is 30.0 Å². The lowest BCUT2D eigenvalue weighted by Gasteiger charge is -2.25. The van der Waals surface area contributed by atoms with Crippen LogP contribution in [0.4, 0.5) is 0 Å². The molecule has 2 heterocycles. The molecule has 1 saturated heterocycles. The average molecular weight is 231 g/mol. The number of nitrogens with zero attached hydrogens (tertiary/aromatic N) is 2. The molecule has 1 fully saturated rings. The van der Waals surface area contributed by atoms with Crippen molar-refractivity contribution >= 4 is 11.6 Å². The third-order valence-corrected chi connectivity index (χ3v) is 2.94. The molecule has 1 aromatic heterocycles. The number of aromatic nitrogens is 2. The van der Waals surface area contributed by atoms with Crippen molar-refractivity contribution in [2.24, 2.45) is 5.92 Å². The van der Waals surface area contributed by atoms with Crippen molar-refractivity contribution in [1.29, 1.82) is 0 Å². The lowest BCUT2D eigenvalue weighted by Crippen LogP contribution is -2.23. The van der Waals surface area contributed by atoms with Crippen molar-refractivity contribution < 1.29 is 9.15 Å². The van der Waals surface area contributed by atoms with Gasteiger partial charge in [-0.05, 0) is 12.3 Å². The number of aryl methyl sites for hydroxylation is 1. The summed E-state index contributed by atoms with van der Waals surface area (Å²) in [5.74, 6) is 2.69. The van der Waals surface area contributed by atoms with Gasteiger partial charge in [0, 0.05) is 31.4 Å². The normalized spacial score (nSPS) is 26.8. The Morgan fingerprint density at radius 1 is 1.47 bits per heavy atom. The zero-order chi connectivity index (χ0) is 10.7. The SMILES string of the molecule is CC1COCCC1c1nnc(CCCl)o1. The molecule has 2 rings (SSSR count). The quantitative estimate of drug-likeness (QED) is 0.746. The summed E-state index contributed by atoms with van der Waals surface area (Å²) in [6, 6.07) is 0. The second-order valence-corrected chi connectivity index (χ2v) is 4.30. The van der Waals surface area contributed by atoms with Gasteiger partial charge in [-0.25, -0.2) is 0 Å². The maximum atomic E-state index is 5.61. The van der Waals surface area contributed by atoms with Gasteiger partial charge in [0.15, 0.2) is 0 Å². The Bertz CT molecular complexity index is 316. The highest BCUT2D eigenvalue weighted by molar-refractivity contribution is 6.17. The maximum absolute atomic E-state index is 5.61. The minimum Gasteiger partial charge on any atom is -0.425 e. The summed E-state index contributed by atoms with van der Waals surface area (Å²) < 4.78 is 10.9. The second kappa shape index (κ2) is 4.94. The van der Waals surface area contributed by atoms with Crippen molar-refractivity contribution in [3.63, 3.8) is 0 Å². The van der Waals surface area contributed by atoms with E-state index in [1.54, 1.807) is 0 Å². The summed E-state index contributed by atoms with van der Waals surface area (Å²) in [6.45, 7) is 3.70. The van der Waals surface area contributed by atoms with Crippen molar-refractivity contribution in [3.8, 4) is 0 Å². The van der Waals surface area contributed by atoms with Gasteiger partial charge in [0.05, 0.1) is 0 Å². The van der Waals surface area contributed by atoms with E-state index in [1.165, 1.54) is 0 Å². The number of halogens is 1. The first-order chi connectivity index (χ1) is 7.31. The fourth-order valence-corrected chi connectivity index (χ4v) is 2.01. The summed E-state index contributed by atoms with van der Waals surface area (Å²) in [6.07, 6.45) is 1.61. The average Bonchev–Trinajstić information content (AvgIpc) is 2.68. The van der Waals surface area contributed by atoms with E-state index in [0.717, 1.165) is 25.5 Å². The topological polar surface area (TPSA) is 48.2 Å².